The molecule has 0 bridgehead atoms. The molecule has 0 radical (unpaired) electrons. The quantitative estimate of drug-likeness (QED) is 0.773. The molecule has 0 heterocycles. The minimum absolute atomic E-state index is 0.113. The minimum atomic E-state index is -0.237. The zero-order valence-corrected chi connectivity index (χ0v) is 11.3. The number of rotatable bonds is 4. The van der Waals surface area contributed by atoms with Crippen molar-refractivity contribution >= 4 is 38.9 Å². The Morgan fingerprint density at radius 2 is 2.31 bits per heavy atom. The van der Waals surface area contributed by atoms with E-state index in [-0.39, 0.29) is 10.9 Å². The molecule has 0 amide bonds. The predicted molar refractivity (Wildman–Crippen MR) is 70.9 cm³/mol. The number of halogens is 2. The van der Waals surface area contributed by atoms with Crippen LogP contribution in [0.1, 0.15) is 18.9 Å². The maximum atomic E-state index is 13.3. The number of benzene rings is 1. The SMILES string of the molecule is CC(=O)SCCC=Cc1cc(Br)ccc1F. The predicted octanol–water partition coefficient (Wildman–Crippen LogP) is 4.27. The van der Waals surface area contributed by atoms with Crippen molar-refractivity contribution in [3.05, 3.63) is 40.1 Å². The van der Waals surface area contributed by atoms with Crippen LogP contribution in [-0.2, 0) is 4.79 Å². The molecule has 86 valence electrons. The van der Waals surface area contributed by atoms with Gasteiger partial charge in [0.15, 0.2) is 5.12 Å². The van der Waals surface area contributed by atoms with Gasteiger partial charge in [-0.05, 0) is 24.6 Å². The van der Waals surface area contributed by atoms with Crippen molar-refractivity contribution in [2.75, 3.05) is 5.75 Å². The van der Waals surface area contributed by atoms with Crippen LogP contribution in [0.2, 0.25) is 0 Å². The fourth-order valence-corrected chi connectivity index (χ4v) is 2.04. The lowest BCUT2D eigenvalue weighted by Gasteiger charge is -1.97. The van der Waals surface area contributed by atoms with Gasteiger partial charge in [0.25, 0.3) is 0 Å². The maximum Gasteiger partial charge on any atom is 0.185 e. The lowest BCUT2D eigenvalue weighted by Crippen LogP contribution is -1.84. The highest BCUT2D eigenvalue weighted by Gasteiger charge is 1.98. The molecule has 16 heavy (non-hydrogen) atoms. The van der Waals surface area contributed by atoms with Crippen molar-refractivity contribution < 1.29 is 9.18 Å². The first-order chi connectivity index (χ1) is 7.59. The topological polar surface area (TPSA) is 17.1 Å². The fraction of sp³-hybridized carbons (Fsp3) is 0.250. The first-order valence-electron chi connectivity index (χ1n) is 4.84. The molecule has 0 aliphatic heterocycles. The van der Waals surface area contributed by atoms with Crippen LogP contribution < -0.4 is 0 Å². The summed E-state index contributed by atoms with van der Waals surface area (Å²) in [5.74, 6) is 0.500. The molecule has 0 aromatic heterocycles. The van der Waals surface area contributed by atoms with Crippen LogP contribution in [0.4, 0.5) is 4.39 Å². The van der Waals surface area contributed by atoms with Crippen LogP contribution in [0.15, 0.2) is 28.7 Å². The first-order valence-corrected chi connectivity index (χ1v) is 6.62. The number of allylic oxidation sites excluding steroid dienone is 1. The average Bonchev–Trinajstić information content (AvgIpc) is 2.22. The van der Waals surface area contributed by atoms with Crippen molar-refractivity contribution in [3.8, 4) is 0 Å². The largest absolute Gasteiger partial charge is 0.288 e. The molecule has 0 spiro atoms. The van der Waals surface area contributed by atoms with E-state index in [0.29, 0.717) is 5.56 Å². The van der Waals surface area contributed by atoms with Gasteiger partial charge in [-0.1, -0.05) is 39.8 Å². The molecule has 1 nitrogen and oxygen atoms in total. The Hall–Kier alpha value is -0.610. The highest BCUT2D eigenvalue weighted by atomic mass is 79.9. The maximum absolute atomic E-state index is 13.3. The van der Waals surface area contributed by atoms with Crippen molar-refractivity contribution in [2.24, 2.45) is 0 Å². The molecular weight excluding hydrogens is 291 g/mol. The summed E-state index contributed by atoms with van der Waals surface area (Å²) in [5, 5.41) is 0.113. The van der Waals surface area contributed by atoms with E-state index in [9.17, 15) is 9.18 Å². The Labute approximate surface area is 107 Å². The second-order valence-corrected chi connectivity index (χ2v) is 5.38. The number of carbonyl (C=O) groups is 1. The van der Waals surface area contributed by atoms with Crippen LogP contribution >= 0.6 is 27.7 Å². The van der Waals surface area contributed by atoms with Crippen LogP contribution in [0.3, 0.4) is 0 Å². The second-order valence-electron chi connectivity index (χ2n) is 3.20. The zero-order chi connectivity index (χ0) is 12.0. The summed E-state index contributed by atoms with van der Waals surface area (Å²) >= 11 is 4.57. The van der Waals surface area contributed by atoms with Crippen molar-refractivity contribution in [1.82, 2.24) is 0 Å². The Kier molecular flexibility index (Phi) is 5.77. The monoisotopic (exact) mass is 302 g/mol. The van der Waals surface area contributed by atoms with Gasteiger partial charge in [0.05, 0.1) is 0 Å². The Bertz CT molecular complexity index is 404. The van der Waals surface area contributed by atoms with E-state index in [1.54, 1.807) is 25.1 Å². The van der Waals surface area contributed by atoms with Gasteiger partial charge in [0.2, 0.25) is 0 Å². The van der Waals surface area contributed by atoms with Gasteiger partial charge in [-0.3, -0.25) is 4.79 Å². The average molecular weight is 303 g/mol. The first kappa shape index (κ1) is 13.5. The molecule has 0 saturated carbocycles. The minimum Gasteiger partial charge on any atom is -0.288 e. The number of hydrogen-bond donors (Lipinski definition) is 0. The molecule has 0 aliphatic rings. The van der Waals surface area contributed by atoms with Gasteiger partial charge in [0.1, 0.15) is 5.82 Å². The lowest BCUT2D eigenvalue weighted by atomic mass is 10.2. The van der Waals surface area contributed by atoms with E-state index in [0.717, 1.165) is 16.6 Å². The molecule has 1 rings (SSSR count). The Morgan fingerprint density at radius 3 is 3.00 bits per heavy atom. The standard InChI is InChI=1S/C12H12BrFOS/c1-9(15)16-7-3-2-4-10-8-11(13)5-6-12(10)14/h2,4-6,8H,3,7H2,1H3. The Morgan fingerprint density at radius 1 is 1.56 bits per heavy atom. The van der Waals surface area contributed by atoms with E-state index in [1.807, 2.05) is 6.08 Å². The van der Waals surface area contributed by atoms with Crippen molar-refractivity contribution in [2.45, 2.75) is 13.3 Å². The van der Waals surface area contributed by atoms with Gasteiger partial charge in [-0.15, -0.1) is 0 Å². The molecule has 0 atom stereocenters. The van der Waals surface area contributed by atoms with Crippen LogP contribution in [0, 0.1) is 5.82 Å². The summed E-state index contributed by atoms with van der Waals surface area (Å²) in [4.78, 5) is 10.6. The van der Waals surface area contributed by atoms with Gasteiger partial charge in [-0.25, -0.2) is 4.39 Å². The highest BCUT2D eigenvalue weighted by molar-refractivity contribution is 9.10. The lowest BCUT2D eigenvalue weighted by molar-refractivity contribution is -0.109. The van der Waals surface area contributed by atoms with Gasteiger partial charge >= 0.3 is 0 Å². The molecule has 1 aromatic rings. The third-order valence-corrected chi connectivity index (χ3v) is 3.18. The van der Waals surface area contributed by atoms with Gasteiger partial charge < -0.3 is 0 Å². The molecule has 0 saturated heterocycles. The van der Waals surface area contributed by atoms with E-state index in [4.69, 9.17) is 0 Å². The smallest absolute Gasteiger partial charge is 0.185 e. The molecular formula is C12H12BrFOS. The summed E-state index contributed by atoms with van der Waals surface area (Å²) in [6.07, 6.45) is 4.37. The number of hydrogen-bond acceptors (Lipinski definition) is 2. The van der Waals surface area contributed by atoms with Gasteiger partial charge in [-0.2, -0.15) is 0 Å². The van der Waals surface area contributed by atoms with E-state index in [1.165, 1.54) is 17.8 Å². The molecule has 0 N–H and O–H groups in total. The van der Waals surface area contributed by atoms with Crippen LogP contribution in [0.25, 0.3) is 6.08 Å². The number of carbonyl (C=O) groups excluding carboxylic acids is 1. The van der Waals surface area contributed by atoms with E-state index in [2.05, 4.69) is 15.9 Å². The third-order valence-electron chi connectivity index (χ3n) is 1.85. The normalized spacial score (nSPS) is 10.9. The van der Waals surface area contributed by atoms with Gasteiger partial charge in [0, 0.05) is 22.7 Å². The van der Waals surface area contributed by atoms with Crippen molar-refractivity contribution in [1.29, 1.82) is 0 Å². The Balaban J connectivity index is 2.49. The molecule has 0 unspecified atom stereocenters. The van der Waals surface area contributed by atoms with Crippen LogP contribution in [0.5, 0.6) is 0 Å². The van der Waals surface area contributed by atoms with E-state index >= 15 is 0 Å². The summed E-state index contributed by atoms with van der Waals surface area (Å²) in [6.45, 7) is 1.54. The second kappa shape index (κ2) is 6.86. The van der Waals surface area contributed by atoms with Crippen molar-refractivity contribution in [3.63, 3.8) is 0 Å². The zero-order valence-electron chi connectivity index (χ0n) is 8.87. The summed E-state index contributed by atoms with van der Waals surface area (Å²) in [6, 6.07) is 4.82. The third kappa shape index (κ3) is 4.94. The molecule has 4 heteroatoms. The molecule has 0 aliphatic carbocycles. The fourth-order valence-electron chi connectivity index (χ4n) is 1.12. The van der Waals surface area contributed by atoms with Crippen LogP contribution in [-0.4, -0.2) is 10.9 Å². The van der Waals surface area contributed by atoms with E-state index < -0.39 is 0 Å². The molecule has 0 fully saturated rings. The summed E-state index contributed by atoms with van der Waals surface area (Å²) < 4.78 is 14.1. The summed E-state index contributed by atoms with van der Waals surface area (Å²) in [5.41, 5.74) is 0.558. The summed E-state index contributed by atoms with van der Waals surface area (Å²) in [7, 11) is 0. The molecule has 1 aromatic carbocycles. The number of thioether (sulfide) groups is 1. The highest BCUT2D eigenvalue weighted by Crippen LogP contribution is 2.17.